The van der Waals surface area contributed by atoms with Gasteiger partial charge in [0.1, 0.15) is 0 Å². The molecule has 7 heteroatoms. The van der Waals surface area contributed by atoms with Crippen LogP contribution in [0.4, 0.5) is 5.13 Å². The summed E-state index contributed by atoms with van der Waals surface area (Å²) in [7, 11) is 0. The molecule has 4 nitrogen and oxygen atoms in total. The summed E-state index contributed by atoms with van der Waals surface area (Å²) in [4.78, 5) is 17.7. The van der Waals surface area contributed by atoms with Crippen LogP contribution in [0.5, 0.6) is 0 Å². The number of hydrogen-bond donors (Lipinski definition) is 2. The Morgan fingerprint density at radius 2 is 1.86 bits per heavy atom. The highest BCUT2D eigenvalue weighted by Gasteiger charge is 2.28. The van der Waals surface area contributed by atoms with Crippen LogP contribution in [-0.4, -0.2) is 16.1 Å². The van der Waals surface area contributed by atoms with Gasteiger partial charge >= 0.3 is 5.97 Å². The maximum Gasteiger partial charge on any atom is 0.334 e. The summed E-state index contributed by atoms with van der Waals surface area (Å²) >= 11 is 13.9. The number of aliphatic carboxylic acids is 1. The Balaban J connectivity index is 1.56. The van der Waals surface area contributed by atoms with Gasteiger partial charge in [0.05, 0.1) is 27.0 Å². The Bertz CT molecular complexity index is 1180. The van der Waals surface area contributed by atoms with Gasteiger partial charge in [0.15, 0.2) is 5.13 Å². The van der Waals surface area contributed by atoms with Crippen LogP contribution in [0.2, 0.25) is 10.0 Å². The fourth-order valence-electron chi connectivity index (χ4n) is 3.84. The third kappa shape index (κ3) is 2.82. The van der Waals surface area contributed by atoms with Crippen molar-refractivity contribution in [2.45, 2.75) is 19.3 Å². The van der Waals surface area contributed by atoms with Gasteiger partial charge in [0.25, 0.3) is 0 Å². The quantitative estimate of drug-likeness (QED) is 0.563. The molecule has 1 heterocycles. The lowest BCUT2D eigenvalue weighted by Crippen LogP contribution is -2.06. The van der Waals surface area contributed by atoms with Crippen LogP contribution in [0.15, 0.2) is 42.0 Å². The number of aryl methyl sites for hydroxylation is 2. The first-order chi connectivity index (χ1) is 13.5. The SMILES string of the molecule is O=C(O)C1=C(Nc2nc3c(s2)CCc2cc(Cl)c(Cl)cc2-3)c2ccccc2C1. The second kappa shape index (κ2) is 6.62. The number of aromatic nitrogens is 1. The summed E-state index contributed by atoms with van der Waals surface area (Å²) in [6.07, 6.45) is 2.17. The van der Waals surface area contributed by atoms with Gasteiger partial charge in [0, 0.05) is 22.4 Å². The zero-order valence-electron chi connectivity index (χ0n) is 14.6. The van der Waals surface area contributed by atoms with E-state index in [1.807, 2.05) is 36.4 Å². The van der Waals surface area contributed by atoms with E-state index in [1.54, 1.807) is 11.3 Å². The molecule has 2 aromatic carbocycles. The van der Waals surface area contributed by atoms with Crippen LogP contribution < -0.4 is 5.32 Å². The first-order valence-electron chi connectivity index (χ1n) is 8.81. The molecule has 0 fully saturated rings. The van der Waals surface area contributed by atoms with Crippen LogP contribution in [0.25, 0.3) is 17.0 Å². The molecular weight excluding hydrogens is 415 g/mol. The molecule has 28 heavy (non-hydrogen) atoms. The van der Waals surface area contributed by atoms with Crippen LogP contribution >= 0.6 is 34.5 Å². The predicted molar refractivity (Wildman–Crippen MR) is 113 cm³/mol. The Hall–Kier alpha value is -2.34. The van der Waals surface area contributed by atoms with Crippen LogP contribution in [0.1, 0.15) is 21.6 Å². The van der Waals surface area contributed by atoms with Gasteiger partial charge in [-0.05, 0) is 36.1 Å². The van der Waals surface area contributed by atoms with Gasteiger partial charge in [-0.25, -0.2) is 9.78 Å². The number of carboxylic acid groups (broad SMARTS) is 1. The van der Waals surface area contributed by atoms with Crippen molar-refractivity contribution in [1.29, 1.82) is 0 Å². The second-order valence-electron chi connectivity index (χ2n) is 6.83. The third-order valence-electron chi connectivity index (χ3n) is 5.17. The number of anilines is 1. The molecule has 2 N–H and O–H groups in total. The van der Waals surface area contributed by atoms with Gasteiger partial charge in [0.2, 0.25) is 0 Å². The molecule has 5 rings (SSSR count). The van der Waals surface area contributed by atoms with E-state index >= 15 is 0 Å². The van der Waals surface area contributed by atoms with Crippen molar-refractivity contribution >= 4 is 51.3 Å². The molecule has 3 aromatic rings. The number of halogens is 2. The van der Waals surface area contributed by atoms with E-state index in [1.165, 1.54) is 0 Å². The molecule has 0 saturated carbocycles. The molecule has 0 bridgehead atoms. The van der Waals surface area contributed by atoms with Gasteiger partial charge in [-0.15, -0.1) is 11.3 Å². The van der Waals surface area contributed by atoms with E-state index < -0.39 is 5.97 Å². The molecule has 140 valence electrons. The summed E-state index contributed by atoms with van der Waals surface area (Å²) in [5.74, 6) is -0.910. The molecule has 0 saturated heterocycles. The fourth-order valence-corrected chi connectivity index (χ4v) is 5.17. The summed E-state index contributed by atoms with van der Waals surface area (Å²) in [5.41, 5.74) is 5.96. The number of nitrogens with one attached hydrogen (secondary N) is 1. The number of nitrogens with zero attached hydrogens (tertiary/aromatic N) is 1. The van der Waals surface area contributed by atoms with Crippen LogP contribution in [0, 0.1) is 0 Å². The van der Waals surface area contributed by atoms with Gasteiger partial charge in [-0.3, -0.25) is 0 Å². The van der Waals surface area contributed by atoms with E-state index in [0.717, 1.165) is 45.7 Å². The average Bonchev–Trinajstić information content (AvgIpc) is 3.25. The number of thiazole rings is 1. The first kappa shape index (κ1) is 17.7. The minimum Gasteiger partial charge on any atom is -0.478 e. The lowest BCUT2D eigenvalue weighted by Gasteiger charge is -2.15. The molecule has 2 aliphatic rings. The van der Waals surface area contributed by atoms with E-state index in [-0.39, 0.29) is 0 Å². The molecular formula is C21H14Cl2N2O2S. The standard InChI is InChI=1S/C21H14Cl2N2O2S/c22-15-8-11-5-6-17-19(13(11)9-16(15)23)25-21(28-17)24-18-12-4-2-1-3-10(12)7-14(18)20(26)27/h1-4,8-9H,5-7H2,(H,24,25)(H,26,27). The fraction of sp³-hybridized carbons (Fsp3) is 0.143. The van der Waals surface area contributed by atoms with E-state index in [4.69, 9.17) is 28.2 Å². The van der Waals surface area contributed by atoms with E-state index in [2.05, 4.69) is 5.32 Å². The molecule has 2 aliphatic carbocycles. The number of carbonyl (C=O) groups is 1. The lowest BCUT2D eigenvalue weighted by atomic mass is 9.93. The van der Waals surface area contributed by atoms with Crippen molar-refractivity contribution in [3.8, 4) is 11.3 Å². The highest BCUT2D eigenvalue weighted by molar-refractivity contribution is 7.16. The van der Waals surface area contributed by atoms with E-state index in [0.29, 0.717) is 32.9 Å². The molecule has 0 atom stereocenters. The van der Waals surface area contributed by atoms with Crippen LogP contribution in [-0.2, 0) is 24.1 Å². The molecule has 0 spiro atoms. The molecule has 0 aliphatic heterocycles. The van der Waals surface area contributed by atoms with Crippen molar-refractivity contribution in [3.05, 3.63) is 73.6 Å². The van der Waals surface area contributed by atoms with Gasteiger partial charge in [-0.1, -0.05) is 47.5 Å². The third-order valence-corrected chi connectivity index (χ3v) is 6.92. The largest absolute Gasteiger partial charge is 0.478 e. The topological polar surface area (TPSA) is 62.2 Å². The maximum atomic E-state index is 11.8. The summed E-state index contributed by atoms with van der Waals surface area (Å²) in [6, 6.07) is 11.5. The number of carboxylic acids is 1. The Morgan fingerprint density at radius 3 is 2.68 bits per heavy atom. The average molecular weight is 429 g/mol. The zero-order valence-corrected chi connectivity index (χ0v) is 16.9. The molecule has 0 radical (unpaired) electrons. The van der Waals surface area contributed by atoms with Crippen molar-refractivity contribution in [2.24, 2.45) is 0 Å². The monoisotopic (exact) mass is 428 g/mol. The Labute approximate surface area is 175 Å². The summed E-state index contributed by atoms with van der Waals surface area (Å²) < 4.78 is 0. The highest BCUT2D eigenvalue weighted by Crippen LogP contribution is 2.42. The minimum atomic E-state index is -0.910. The molecule has 1 aromatic heterocycles. The smallest absolute Gasteiger partial charge is 0.334 e. The van der Waals surface area contributed by atoms with Crippen molar-refractivity contribution in [1.82, 2.24) is 4.98 Å². The number of fused-ring (bicyclic) bond motifs is 4. The van der Waals surface area contributed by atoms with Crippen molar-refractivity contribution in [3.63, 3.8) is 0 Å². The first-order valence-corrected chi connectivity index (χ1v) is 10.4. The molecule has 0 amide bonds. The number of benzene rings is 2. The lowest BCUT2D eigenvalue weighted by molar-refractivity contribution is -0.132. The van der Waals surface area contributed by atoms with Crippen molar-refractivity contribution in [2.75, 3.05) is 5.32 Å². The minimum absolute atomic E-state index is 0.365. The normalized spacial score (nSPS) is 14.5. The Kier molecular flexibility index (Phi) is 4.19. The van der Waals surface area contributed by atoms with Gasteiger partial charge in [-0.2, -0.15) is 0 Å². The van der Waals surface area contributed by atoms with E-state index in [9.17, 15) is 9.90 Å². The van der Waals surface area contributed by atoms with Gasteiger partial charge < -0.3 is 10.4 Å². The van der Waals surface area contributed by atoms with Crippen molar-refractivity contribution < 1.29 is 9.90 Å². The highest BCUT2D eigenvalue weighted by atomic mass is 35.5. The predicted octanol–water partition coefficient (Wildman–Crippen LogP) is 5.68. The summed E-state index contributed by atoms with van der Waals surface area (Å²) in [6.45, 7) is 0. The Morgan fingerprint density at radius 1 is 1.07 bits per heavy atom. The number of rotatable bonds is 3. The van der Waals surface area contributed by atoms with Crippen LogP contribution in [0.3, 0.4) is 0 Å². The second-order valence-corrected chi connectivity index (χ2v) is 8.73. The number of hydrogen-bond acceptors (Lipinski definition) is 4. The maximum absolute atomic E-state index is 11.8. The molecule has 0 unspecified atom stereocenters. The summed E-state index contributed by atoms with van der Waals surface area (Å²) in [5, 5.41) is 14.7. The zero-order chi connectivity index (χ0) is 19.4.